The molecule has 0 spiro atoms. The van der Waals surface area contributed by atoms with E-state index in [0.717, 1.165) is 11.1 Å². The quantitative estimate of drug-likeness (QED) is 0.904. The van der Waals surface area contributed by atoms with E-state index in [-0.39, 0.29) is 0 Å². The van der Waals surface area contributed by atoms with Gasteiger partial charge in [-0.1, -0.05) is 54.1 Å². The maximum absolute atomic E-state index is 11.8. The third kappa shape index (κ3) is 3.47. The maximum atomic E-state index is 11.8. The second-order valence-corrected chi connectivity index (χ2v) is 6.78. The molecule has 0 aromatic heterocycles. The van der Waals surface area contributed by atoms with Gasteiger partial charge in [0.1, 0.15) is 11.9 Å². The van der Waals surface area contributed by atoms with Crippen LogP contribution in [0.1, 0.15) is 17.2 Å². The Hall–Kier alpha value is -1.89. The van der Waals surface area contributed by atoms with E-state index in [1.54, 1.807) is 18.2 Å². The molecule has 0 bridgehead atoms. The molecule has 1 atom stereocenters. The van der Waals surface area contributed by atoms with Crippen LogP contribution in [0.4, 0.5) is 0 Å². The van der Waals surface area contributed by atoms with Crippen LogP contribution in [0.15, 0.2) is 59.6 Å². The lowest BCUT2D eigenvalue weighted by molar-refractivity contribution is 0.583. The third-order valence-electron chi connectivity index (χ3n) is 3.24. The molecule has 0 aliphatic carbocycles. The van der Waals surface area contributed by atoms with Gasteiger partial charge in [0.25, 0.3) is 0 Å². The summed E-state index contributed by atoms with van der Waals surface area (Å²) in [4.78, 5) is 4.40. The summed E-state index contributed by atoms with van der Waals surface area (Å²) in [7, 11) is -3.58. The molecule has 1 fully saturated rings. The van der Waals surface area contributed by atoms with Crippen molar-refractivity contribution in [2.75, 3.05) is 0 Å². The van der Waals surface area contributed by atoms with Gasteiger partial charge in [0.15, 0.2) is 0 Å². The highest BCUT2D eigenvalue weighted by Crippen LogP contribution is 2.23. The molecule has 0 saturated carbocycles. The van der Waals surface area contributed by atoms with Crippen molar-refractivity contribution in [1.29, 1.82) is 0 Å². The Kier molecular flexibility index (Phi) is 4.15. The van der Waals surface area contributed by atoms with Gasteiger partial charge in [-0.05, 0) is 23.3 Å². The van der Waals surface area contributed by atoms with Gasteiger partial charge >= 0.3 is 10.2 Å². The summed E-state index contributed by atoms with van der Waals surface area (Å²) in [6.45, 7) is 0.400. The minimum Gasteiger partial charge on any atom is -0.265 e. The van der Waals surface area contributed by atoms with E-state index in [0.29, 0.717) is 17.4 Å². The number of hydrogen-bond donors (Lipinski definition) is 2. The van der Waals surface area contributed by atoms with Crippen LogP contribution in [-0.4, -0.2) is 14.3 Å². The first-order valence-electron chi connectivity index (χ1n) is 6.67. The van der Waals surface area contributed by atoms with Crippen molar-refractivity contribution in [3.63, 3.8) is 0 Å². The maximum Gasteiger partial charge on any atom is 0.301 e. The highest BCUT2D eigenvalue weighted by Gasteiger charge is 2.33. The number of nitrogens with one attached hydrogen (secondary N) is 2. The van der Waals surface area contributed by atoms with Crippen LogP contribution < -0.4 is 9.44 Å². The van der Waals surface area contributed by atoms with Gasteiger partial charge in [0.05, 0.1) is 6.54 Å². The molecule has 2 N–H and O–H groups in total. The first kappa shape index (κ1) is 15.0. The molecule has 2 aromatic carbocycles. The second-order valence-electron chi connectivity index (χ2n) is 4.90. The lowest BCUT2D eigenvalue weighted by Gasteiger charge is -2.09. The Bertz CT molecular complexity index is 807. The van der Waals surface area contributed by atoms with Crippen molar-refractivity contribution in [2.24, 2.45) is 4.99 Å². The van der Waals surface area contributed by atoms with Gasteiger partial charge in [-0.3, -0.25) is 9.71 Å². The summed E-state index contributed by atoms with van der Waals surface area (Å²) in [6.07, 6.45) is 0. The summed E-state index contributed by atoms with van der Waals surface area (Å²) >= 11 is 5.98. The minimum absolute atomic E-state index is 0.367. The molecule has 1 aliphatic rings. The molecule has 3 rings (SSSR count). The van der Waals surface area contributed by atoms with E-state index in [1.165, 1.54) is 0 Å². The molecular formula is C15H14ClN3O2S. The molecule has 1 heterocycles. The predicted molar refractivity (Wildman–Crippen MR) is 87.0 cm³/mol. The Labute approximate surface area is 134 Å². The van der Waals surface area contributed by atoms with Crippen molar-refractivity contribution in [1.82, 2.24) is 9.44 Å². The highest BCUT2D eigenvalue weighted by atomic mass is 35.5. The summed E-state index contributed by atoms with van der Waals surface area (Å²) < 4.78 is 28.5. The Balaban J connectivity index is 1.90. The normalized spacial score (nSPS) is 21.7. The van der Waals surface area contributed by atoms with Crippen LogP contribution in [0.3, 0.4) is 0 Å². The molecule has 7 heteroatoms. The lowest BCUT2D eigenvalue weighted by Crippen LogP contribution is -2.24. The summed E-state index contributed by atoms with van der Waals surface area (Å²) in [6, 6.07) is 16.1. The van der Waals surface area contributed by atoms with E-state index in [2.05, 4.69) is 14.4 Å². The molecule has 1 aliphatic heterocycles. The van der Waals surface area contributed by atoms with Crippen LogP contribution in [0.25, 0.3) is 0 Å². The van der Waals surface area contributed by atoms with Crippen LogP contribution in [0.5, 0.6) is 0 Å². The molecule has 0 amide bonds. The monoisotopic (exact) mass is 335 g/mol. The average molecular weight is 336 g/mol. The van der Waals surface area contributed by atoms with E-state index in [9.17, 15) is 8.42 Å². The Morgan fingerprint density at radius 2 is 1.86 bits per heavy atom. The number of hydrogen-bond acceptors (Lipinski definition) is 3. The molecule has 5 nitrogen and oxygen atoms in total. The van der Waals surface area contributed by atoms with E-state index in [4.69, 9.17) is 11.6 Å². The van der Waals surface area contributed by atoms with Gasteiger partial charge in [0.2, 0.25) is 0 Å². The highest BCUT2D eigenvalue weighted by molar-refractivity contribution is 7.88. The zero-order valence-corrected chi connectivity index (χ0v) is 13.1. The first-order valence-corrected chi connectivity index (χ1v) is 8.53. The van der Waals surface area contributed by atoms with Crippen LogP contribution >= 0.6 is 11.6 Å². The SMILES string of the molecule is O=S1(=O)NC(=NCc2ccccc2)[C@@H](c2cccc(Cl)c2)N1. The third-order valence-corrected chi connectivity index (χ3v) is 4.50. The van der Waals surface area contributed by atoms with Crippen LogP contribution in [0, 0.1) is 0 Å². The number of aliphatic imine (C=N–C) groups is 1. The van der Waals surface area contributed by atoms with Crippen LogP contribution in [0.2, 0.25) is 5.02 Å². The number of benzene rings is 2. The fraction of sp³-hybridized carbons (Fsp3) is 0.133. The fourth-order valence-corrected chi connectivity index (χ4v) is 3.51. The molecule has 1 saturated heterocycles. The van der Waals surface area contributed by atoms with Gasteiger partial charge in [-0.15, -0.1) is 0 Å². The molecule has 0 radical (unpaired) electrons. The molecule has 22 heavy (non-hydrogen) atoms. The van der Waals surface area contributed by atoms with E-state index < -0.39 is 16.3 Å². The standard InChI is InChI=1S/C15H14ClN3O2S/c16-13-8-4-7-12(9-13)14-15(19-22(20,21)18-14)17-10-11-5-2-1-3-6-11/h1-9,14,18H,10H2,(H,17,19)/t14-/m1/s1. The first-order chi connectivity index (χ1) is 10.5. The Morgan fingerprint density at radius 1 is 1.09 bits per heavy atom. The number of halogens is 1. The number of nitrogens with zero attached hydrogens (tertiary/aromatic N) is 1. The summed E-state index contributed by atoms with van der Waals surface area (Å²) in [5, 5.41) is 0.547. The van der Waals surface area contributed by atoms with Crippen molar-refractivity contribution in [2.45, 2.75) is 12.6 Å². The van der Waals surface area contributed by atoms with Crippen molar-refractivity contribution in [3.8, 4) is 0 Å². The number of amidine groups is 1. The Morgan fingerprint density at radius 3 is 2.59 bits per heavy atom. The molecule has 114 valence electrons. The van der Waals surface area contributed by atoms with Gasteiger partial charge in [-0.25, -0.2) is 0 Å². The molecular weight excluding hydrogens is 322 g/mol. The zero-order valence-electron chi connectivity index (χ0n) is 11.5. The topological polar surface area (TPSA) is 70.6 Å². The van der Waals surface area contributed by atoms with Gasteiger partial charge in [-0.2, -0.15) is 13.1 Å². The van der Waals surface area contributed by atoms with E-state index in [1.807, 2.05) is 36.4 Å². The number of rotatable bonds is 3. The summed E-state index contributed by atoms with van der Waals surface area (Å²) in [5.41, 5.74) is 1.75. The molecule has 2 aromatic rings. The van der Waals surface area contributed by atoms with Crippen molar-refractivity contribution >= 4 is 27.6 Å². The summed E-state index contributed by atoms with van der Waals surface area (Å²) in [5.74, 6) is 0.367. The smallest absolute Gasteiger partial charge is 0.265 e. The fourth-order valence-electron chi connectivity index (χ4n) is 2.23. The van der Waals surface area contributed by atoms with Crippen molar-refractivity contribution in [3.05, 3.63) is 70.7 Å². The van der Waals surface area contributed by atoms with Crippen molar-refractivity contribution < 1.29 is 8.42 Å². The van der Waals surface area contributed by atoms with Gasteiger partial charge < -0.3 is 0 Å². The van der Waals surface area contributed by atoms with Crippen LogP contribution in [-0.2, 0) is 16.8 Å². The zero-order chi connectivity index (χ0) is 15.6. The lowest BCUT2D eigenvalue weighted by atomic mass is 10.1. The second kappa shape index (κ2) is 6.08. The molecule has 0 unspecified atom stereocenters. The minimum atomic E-state index is -3.58. The van der Waals surface area contributed by atoms with Gasteiger partial charge in [0, 0.05) is 5.02 Å². The van der Waals surface area contributed by atoms with E-state index >= 15 is 0 Å². The predicted octanol–water partition coefficient (Wildman–Crippen LogP) is 2.42. The largest absolute Gasteiger partial charge is 0.301 e. The average Bonchev–Trinajstić information content (AvgIpc) is 2.81.